The Morgan fingerprint density at radius 2 is 2.14 bits per heavy atom. The Morgan fingerprint density at radius 3 is 2.86 bits per heavy atom. The van der Waals surface area contributed by atoms with Gasteiger partial charge in [-0.3, -0.25) is 0 Å². The largest absolute Gasteiger partial charge is 0.508 e. The van der Waals surface area contributed by atoms with Crippen molar-refractivity contribution in [2.45, 2.75) is 17.7 Å². The smallest absolute Gasteiger partial charge is 0.243 e. The summed E-state index contributed by atoms with van der Waals surface area (Å²) in [5.41, 5.74) is 7.17. The van der Waals surface area contributed by atoms with E-state index in [-0.39, 0.29) is 11.8 Å². The van der Waals surface area contributed by atoms with Crippen molar-refractivity contribution in [1.82, 2.24) is 10.1 Å². The summed E-state index contributed by atoms with van der Waals surface area (Å²) in [7, 11) is 0. The van der Waals surface area contributed by atoms with E-state index < -0.39 is 0 Å². The molecule has 0 spiro atoms. The van der Waals surface area contributed by atoms with Crippen molar-refractivity contribution in [2.24, 2.45) is 5.73 Å². The first kappa shape index (κ1) is 14.7. The minimum Gasteiger partial charge on any atom is -0.508 e. The van der Waals surface area contributed by atoms with Gasteiger partial charge in [-0.2, -0.15) is 16.7 Å². The molecule has 1 unspecified atom stereocenters. The first-order chi connectivity index (χ1) is 10.2. The first-order valence-electron chi connectivity index (χ1n) is 6.78. The highest BCUT2D eigenvalue weighted by atomic mass is 32.2. The maximum atomic E-state index is 9.28. The standard InChI is InChI=1S/C14H17N3O2S2/c15-11(7-9-1-3-10(18)4-2-9)14-16-13(17-19-14)12-8-20-5-6-21-12/h1-4,11-12,18H,5-8,15H2/t11-,12?/m0/s1. The predicted octanol–water partition coefficient (Wildman–Crippen LogP) is 2.54. The predicted molar refractivity (Wildman–Crippen MR) is 85.6 cm³/mol. The monoisotopic (exact) mass is 323 g/mol. The third-order valence-corrected chi connectivity index (χ3v) is 6.02. The highest BCUT2D eigenvalue weighted by Gasteiger charge is 2.23. The average Bonchev–Trinajstić information content (AvgIpc) is 3.00. The normalized spacial score (nSPS) is 20.3. The highest BCUT2D eigenvalue weighted by Crippen LogP contribution is 2.35. The maximum absolute atomic E-state index is 9.28. The summed E-state index contributed by atoms with van der Waals surface area (Å²) in [6, 6.07) is 6.67. The molecule has 2 atom stereocenters. The SMILES string of the molecule is N[C@@H](Cc1ccc(O)cc1)c1nc(C2CSCCS2)no1. The molecule has 1 aromatic heterocycles. The lowest BCUT2D eigenvalue weighted by atomic mass is 10.1. The Balaban J connectivity index is 1.65. The Kier molecular flexibility index (Phi) is 4.72. The lowest BCUT2D eigenvalue weighted by Gasteiger charge is -2.17. The zero-order valence-electron chi connectivity index (χ0n) is 11.4. The second kappa shape index (κ2) is 6.72. The molecular weight excluding hydrogens is 306 g/mol. The van der Waals surface area contributed by atoms with Crippen LogP contribution in [0.5, 0.6) is 5.75 Å². The van der Waals surface area contributed by atoms with E-state index >= 15 is 0 Å². The van der Waals surface area contributed by atoms with E-state index in [1.807, 2.05) is 35.7 Å². The number of benzene rings is 1. The van der Waals surface area contributed by atoms with Gasteiger partial charge in [0.2, 0.25) is 5.89 Å². The lowest BCUT2D eigenvalue weighted by Crippen LogP contribution is -2.14. The second-order valence-corrected chi connectivity index (χ2v) is 7.36. The fourth-order valence-corrected chi connectivity index (χ4v) is 4.73. The van der Waals surface area contributed by atoms with Crippen LogP contribution in [0.2, 0.25) is 0 Å². The molecule has 21 heavy (non-hydrogen) atoms. The van der Waals surface area contributed by atoms with Gasteiger partial charge in [0.25, 0.3) is 0 Å². The van der Waals surface area contributed by atoms with Crippen molar-refractivity contribution in [3.8, 4) is 5.75 Å². The van der Waals surface area contributed by atoms with E-state index in [4.69, 9.17) is 10.3 Å². The van der Waals surface area contributed by atoms with Crippen molar-refractivity contribution < 1.29 is 9.63 Å². The number of nitrogens with zero attached hydrogens (tertiary/aromatic N) is 2. The number of phenolic OH excluding ortho intramolecular Hbond substituents is 1. The van der Waals surface area contributed by atoms with Crippen molar-refractivity contribution in [2.75, 3.05) is 17.3 Å². The van der Waals surface area contributed by atoms with Gasteiger partial charge in [0.05, 0.1) is 11.3 Å². The van der Waals surface area contributed by atoms with E-state index in [1.54, 1.807) is 12.1 Å². The van der Waals surface area contributed by atoms with Crippen LogP contribution in [0.4, 0.5) is 0 Å². The van der Waals surface area contributed by atoms with Crippen LogP contribution in [0, 0.1) is 0 Å². The van der Waals surface area contributed by atoms with Crippen LogP contribution in [-0.2, 0) is 6.42 Å². The van der Waals surface area contributed by atoms with Crippen LogP contribution < -0.4 is 5.73 Å². The summed E-state index contributed by atoms with van der Waals surface area (Å²) in [5, 5.41) is 13.7. The number of hydrogen-bond acceptors (Lipinski definition) is 7. The fourth-order valence-electron chi connectivity index (χ4n) is 2.14. The van der Waals surface area contributed by atoms with Gasteiger partial charge >= 0.3 is 0 Å². The zero-order valence-corrected chi connectivity index (χ0v) is 13.1. The number of thioether (sulfide) groups is 2. The molecule has 3 N–H and O–H groups in total. The molecule has 0 saturated carbocycles. The van der Waals surface area contributed by atoms with Gasteiger partial charge in [0.15, 0.2) is 5.82 Å². The molecule has 0 amide bonds. The number of phenols is 1. The van der Waals surface area contributed by atoms with Crippen molar-refractivity contribution in [3.63, 3.8) is 0 Å². The third-order valence-electron chi connectivity index (χ3n) is 3.27. The van der Waals surface area contributed by atoms with Gasteiger partial charge in [-0.15, -0.1) is 11.8 Å². The molecule has 112 valence electrons. The highest BCUT2D eigenvalue weighted by molar-refractivity contribution is 8.06. The summed E-state index contributed by atoms with van der Waals surface area (Å²) in [4.78, 5) is 4.46. The molecule has 2 aromatic rings. The molecule has 1 aliphatic heterocycles. The van der Waals surface area contributed by atoms with E-state index in [0.29, 0.717) is 17.6 Å². The van der Waals surface area contributed by atoms with Crippen LogP contribution in [0.15, 0.2) is 28.8 Å². The van der Waals surface area contributed by atoms with Crippen molar-refractivity contribution in [1.29, 1.82) is 0 Å². The molecule has 2 heterocycles. The Labute approximate surface area is 131 Å². The van der Waals surface area contributed by atoms with Crippen LogP contribution >= 0.6 is 23.5 Å². The van der Waals surface area contributed by atoms with Gasteiger partial charge in [-0.1, -0.05) is 17.3 Å². The molecular formula is C14H17N3O2S2. The molecule has 0 bridgehead atoms. The van der Waals surface area contributed by atoms with Gasteiger partial charge < -0.3 is 15.4 Å². The van der Waals surface area contributed by atoms with Crippen LogP contribution in [0.25, 0.3) is 0 Å². The second-order valence-electron chi connectivity index (χ2n) is 4.90. The molecule has 1 aromatic carbocycles. The lowest BCUT2D eigenvalue weighted by molar-refractivity contribution is 0.350. The molecule has 3 rings (SSSR count). The quantitative estimate of drug-likeness (QED) is 0.894. The first-order valence-corrected chi connectivity index (χ1v) is 8.99. The maximum Gasteiger partial charge on any atom is 0.243 e. The summed E-state index contributed by atoms with van der Waals surface area (Å²) >= 11 is 3.79. The molecule has 1 fully saturated rings. The zero-order chi connectivity index (χ0) is 14.7. The van der Waals surface area contributed by atoms with E-state index in [2.05, 4.69) is 10.1 Å². The average molecular weight is 323 g/mol. The molecule has 1 saturated heterocycles. The van der Waals surface area contributed by atoms with Gasteiger partial charge in [-0.25, -0.2) is 0 Å². The molecule has 7 heteroatoms. The minimum absolute atomic E-state index is 0.249. The van der Waals surface area contributed by atoms with Crippen LogP contribution in [-0.4, -0.2) is 32.5 Å². The summed E-state index contributed by atoms with van der Waals surface area (Å²) in [6.07, 6.45) is 0.606. The molecule has 0 radical (unpaired) electrons. The summed E-state index contributed by atoms with van der Waals surface area (Å²) in [5.74, 6) is 4.82. The Bertz CT molecular complexity index is 582. The Hall–Kier alpha value is -1.18. The third kappa shape index (κ3) is 3.72. The van der Waals surface area contributed by atoms with Gasteiger partial charge in [0, 0.05) is 17.3 Å². The number of hydrogen-bond donors (Lipinski definition) is 2. The number of aromatic nitrogens is 2. The summed E-state index contributed by atoms with van der Waals surface area (Å²) < 4.78 is 5.32. The van der Waals surface area contributed by atoms with E-state index in [1.165, 1.54) is 5.75 Å². The van der Waals surface area contributed by atoms with Crippen LogP contribution in [0.1, 0.15) is 28.6 Å². The number of aromatic hydroxyl groups is 1. The van der Waals surface area contributed by atoms with Crippen molar-refractivity contribution in [3.05, 3.63) is 41.5 Å². The summed E-state index contributed by atoms with van der Waals surface area (Å²) in [6.45, 7) is 0. The van der Waals surface area contributed by atoms with E-state index in [0.717, 1.165) is 22.9 Å². The van der Waals surface area contributed by atoms with Crippen molar-refractivity contribution >= 4 is 23.5 Å². The number of nitrogens with two attached hydrogens (primary N) is 1. The fraction of sp³-hybridized carbons (Fsp3) is 0.429. The van der Waals surface area contributed by atoms with Gasteiger partial charge in [-0.05, 0) is 24.1 Å². The molecule has 5 nitrogen and oxygen atoms in total. The van der Waals surface area contributed by atoms with Gasteiger partial charge in [0.1, 0.15) is 5.75 Å². The minimum atomic E-state index is -0.322. The molecule has 1 aliphatic rings. The van der Waals surface area contributed by atoms with E-state index in [9.17, 15) is 5.11 Å². The number of rotatable bonds is 4. The molecule has 0 aliphatic carbocycles. The topological polar surface area (TPSA) is 85.2 Å². The van der Waals surface area contributed by atoms with Crippen LogP contribution in [0.3, 0.4) is 0 Å². The Morgan fingerprint density at radius 1 is 1.33 bits per heavy atom.